The van der Waals surface area contributed by atoms with E-state index in [1.165, 1.54) is 35.2 Å². The number of carbonyl (C=O) groups is 2. The first-order valence-electron chi connectivity index (χ1n) is 10.3. The van der Waals surface area contributed by atoms with Crippen molar-refractivity contribution in [3.63, 3.8) is 0 Å². The van der Waals surface area contributed by atoms with Gasteiger partial charge in [-0.25, -0.2) is 12.8 Å². The highest BCUT2D eigenvalue weighted by molar-refractivity contribution is 7.92. The molecule has 176 valence electrons. The molecule has 0 saturated carbocycles. The van der Waals surface area contributed by atoms with Crippen molar-refractivity contribution >= 4 is 27.6 Å². The lowest BCUT2D eigenvalue weighted by Crippen LogP contribution is -2.53. The van der Waals surface area contributed by atoms with Crippen LogP contribution in [-0.4, -0.2) is 62.2 Å². The molecule has 2 N–H and O–H groups in total. The van der Waals surface area contributed by atoms with Gasteiger partial charge >= 0.3 is 5.97 Å². The molecule has 0 aromatic heterocycles. The lowest BCUT2D eigenvalue weighted by Gasteiger charge is -2.42. The summed E-state index contributed by atoms with van der Waals surface area (Å²) in [5, 5.41) is 9.04. The van der Waals surface area contributed by atoms with E-state index in [0.717, 1.165) is 12.1 Å². The van der Waals surface area contributed by atoms with Crippen molar-refractivity contribution in [1.82, 2.24) is 4.90 Å². The Kier molecular flexibility index (Phi) is 6.26. The van der Waals surface area contributed by atoms with Gasteiger partial charge in [0.1, 0.15) is 24.3 Å². The third-order valence-electron chi connectivity index (χ3n) is 5.77. The van der Waals surface area contributed by atoms with Gasteiger partial charge in [0.25, 0.3) is 15.9 Å². The van der Waals surface area contributed by atoms with Crippen LogP contribution in [0.4, 0.5) is 10.1 Å². The maximum Gasteiger partial charge on any atom is 0.305 e. The van der Waals surface area contributed by atoms with Crippen molar-refractivity contribution < 1.29 is 37.0 Å². The van der Waals surface area contributed by atoms with Crippen molar-refractivity contribution in [1.29, 1.82) is 0 Å². The summed E-state index contributed by atoms with van der Waals surface area (Å²) in [6.07, 6.45) is -0.0154. The highest BCUT2D eigenvalue weighted by atomic mass is 32.2. The molecular formula is C22H23FN2O7S. The van der Waals surface area contributed by atoms with Gasteiger partial charge in [-0.05, 0) is 49.2 Å². The molecule has 2 aromatic carbocycles. The number of rotatable bonds is 5. The predicted octanol–water partition coefficient (Wildman–Crippen LogP) is 2.48. The number of likely N-dealkylation sites (N-methyl/N-ethyl adjacent to an activating group) is 1. The summed E-state index contributed by atoms with van der Waals surface area (Å²) in [6.45, 7) is 0.111. The number of aliphatic carboxylic acids is 1. The Labute approximate surface area is 190 Å². The van der Waals surface area contributed by atoms with E-state index in [1.807, 2.05) is 0 Å². The van der Waals surface area contributed by atoms with Crippen LogP contribution in [0.5, 0.6) is 5.75 Å². The van der Waals surface area contributed by atoms with Gasteiger partial charge in [-0.15, -0.1) is 0 Å². The Morgan fingerprint density at radius 3 is 2.76 bits per heavy atom. The second-order valence-electron chi connectivity index (χ2n) is 8.04. The molecule has 0 radical (unpaired) electrons. The SMILES string of the molecule is CN1C(=O)c2cc(NS(=O)(=O)c3cccc(F)c3)ccc2OC[C@H]2O[C@@H](CC(=O)O)CC[C@@H]21. The van der Waals surface area contributed by atoms with E-state index in [2.05, 4.69) is 4.72 Å². The van der Waals surface area contributed by atoms with Gasteiger partial charge < -0.3 is 19.5 Å². The third-order valence-corrected chi connectivity index (χ3v) is 7.15. The Balaban J connectivity index is 1.58. The Hall–Kier alpha value is -3.18. The van der Waals surface area contributed by atoms with Crippen LogP contribution < -0.4 is 9.46 Å². The smallest absolute Gasteiger partial charge is 0.305 e. The second kappa shape index (κ2) is 8.99. The first-order chi connectivity index (χ1) is 15.6. The Bertz CT molecular complexity index is 1190. The highest BCUT2D eigenvalue weighted by Crippen LogP contribution is 2.33. The average molecular weight is 478 g/mol. The molecular weight excluding hydrogens is 455 g/mol. The number of amides is 1. The van der Waals surface area contributed by atoms with E-state index in [1.54, 1.807) is 7.05 Å². The molecule has 11 heteroatoms. The van der Waals surface area contributed by atoms with Crippen molar-refractivity contribution in [2.75, 3.05) is 18.4 Å². The van der Waals surface area contributed by atoms with E-state index < -0.39 is 34.0 Å². The summed E-state index contributed by atoms with van der Waals surface area (Å²) in [6, 6.07) is 8.58. The quantitative estimate of drug-likeness (QED) is 0.677. The van der Waals surface area contributed by atoms with Gasteiger partial charge in [-0.2, -0.15) is 0 Å². The molecule has 2 aliphatic rings. The molecule has 0 aliphatic carbocycles. The molecule has 33 heavy (non-hydrogen) atoms. The van der Waals surface area contributed by atoms with Crippen LogP contribution in [0.25, 0.3) is 0 Å². The fourth-order valence-corrected chi connectivity index (χ4v) is 5.21. The first kappa shape index (κ1) is 23.0. The van der Waals surface area contributed by atoms with E-state index in [0.29, 0.717) is 12.8 Å². The number of nitrogens with zero attached hydrogens (tertiary/aromatic N) is 1. The van der Waals surface area contributed by atoms with E-state index in [-0.39, 0.29) is 46.9 Å². The van der Waals surface area contributed by atoms with Gasteiger partial charge in [-0.3, -0.25) is 14.3 Å². The zero-order valence-electron chi connectivity index (χ0n) is 17.7. The van der Waals surface area contributed by atoms with Gasteiger partial charge in [0.2, 0.25) is 0 Å². The molecule has 0 bridgehead atoms. The van der Waals surface area contributed by atoms with Crippen molar-refractivity contribution in [2.24, 2.45) is 0 Å². The van der Waals surface area contributed by atoms with Gasteiger partial charge in [0.05, 0.1) is 29.0 Å². The van der Waals surface area contributed by atoms with Crippen LogP contribution in [0.3, 0.4) is 0 Å². The maximum atomic E-state index is 13.5. The van der Waals surface area contributed by atoms with E-state index in [4.69, 9.17) is 14.6 Å². The van der Waals surface area contributed by atoms with Crippen LogP contribution in [-0.2, 0) is 19.6 Å². The summed E-state index contributed by atoms with van der Waals surface area (Å²) in [4.78, 5) is 25.5. The number of fused-ring (bicyclic) bond motifs is 2. The Morgan fingerprint density at radius 1 is 1.24 bits per heavy atom. The zero-order chi connectivity index (χ0) is 23.8. The Morgan fingerprint density at radius 2 is 2.03 bits per heavy atom. The number of ether oxygens (including phenoxy) is 2. The lowest BCUT2D eigenvalue weighted by molar-refractivity contribution is -0.148. The monoisotopic (exact) mass is 478 g/mol. The number of halogens is 1. The number of carboxylic acids is 1. The number of carbonyl (C=O) groups excluding carboxylic acids is 1. The summed E-state index contributed by atoms with van der Waals surface area (Å²) >= 11 is 0. The summed E-state index contributed by atoms with van der Waals surface area (Å²) in [5.41, 5.74) is 0.296. The maximum absolute atomic E-state index is 13.5. The fraction of sp³-hybridized carbons (Fsp3) is 0.364. The molecule has 2 aromatic rings. The standard InChI is InChI=1S/C22H23FN2O7S/c1-25-18-7-6-15(11-21(26)27)32-20(18)12-31-19-8-5-14(10-17(19)22(25)28)24-33(29,30)16-4-2-3-13(23)9-16/h2-5,8-10,15,18,20,24H,6-7,11-12H2,1H3,(H,26,27)/t15-,18+,20-/m1/s1. The van der Waals surface area contributed by atoms with Crippen LogP contribution in [0, 0.1) is 5.82 Å². The molecule has 1 amide bonds. The molecule has 2 heterocycles. The van der Waals surface area contributed by atoms with Crippen molar-refractivity contribution in [3.05, 3.63) is 53.8 Å². The van der Waals surface area contributed by atoms with Crippen LogP contribution in [0.1, 0.15) is 29.6 Å². The summed E-state index contributed by atoms with van der Waals surface area (Å²) < 4.78 is 52.8. The van der Waals surface area contributed by atoms with Crippen molar-refractivity contribution in [3.8, 4) is 5.75 Å². The lowest BCUT2D eigenvalue weighted by atomic mass is 9.95. The zero-order valence-corrected chi connectivity index (χ0v) is 18.5. The average Bonchev–Trinajstić information content (AvgIpc) is 2.76. The molecule has 0 spiro atoms. The molecule has 0 unspecified atom stereocenters. The minimum atomic E-state index is -4.07. The minimum Gasteiger partial charge on any atom is -0.490 e. The van der Waals surface area contributed by atoms with Gasteiger partial charge in [0.15, 0.2) is 0 Å². The number of carboxylic acid groups (broad SMARTS) is 1. The van der Waals surface area contributed by atoms with Crippen LogP contribution in [0.15, 0.2) is 47.4 Å². The number of nitrogens with one attached hydrogen (secondary N) is 1. The largest absolute Gasteiger partial charge is 0.490 e. The number of hydrogen-bond acceptors (Lipinski definition) is 6. The van der Waals surface area contributed by atoms with Gasteiger partial charge in [0, 0.05) is 12.7 Å². The topological polar surface area (TPSA) is 122 Å². The number of anilines is 1. The molecule has 3 atom stereocenters. The normalized spacial score (nSPS) is 22.9. The molecule has 1 saturated heterocycles. The number of hydrogen-bond donors (Lipinski definition) is 2. The fourth-order valence-electron chi connectivity index (χ4n) is 4.13. The first-order valence-corrected chi connectivity index (χ1v) is 11.8. The summed E-state index contributed by atoms with van der Waals surface area (Å²) in [5.74, 6) is -1.76. The van der Waals surface area contributed by atoms with E-state index >= 15 is 0 Å². The third kappa shape index (κ3) is 4.93. The molecule has 9 nitrogen and oxygen atoms in total. The minimum absolute atomic E-state index is 0.111. The molecule has 4 rings (SSSR count). The van der Waals surface area contributed by atoms with Gasteiger partial charge in [-0.1, -0.05) is 6.07 Å². The predicted molar refractivity (Wildman–Crippen MR) is 115 cm³/mol. The highest BCUT2D eigenvalue weighted by Gasteiger charge is 2.39. The van der Waals surface area contributed by atoms with Crippen molar-refractivity contribution in [2.45, 2.75) is 42.4 Å². The van der Waals surface area contributed by atoms with Crippen LogP contribution in [0.2, 0.25) is 0 Å². The second-order valence-corrected chi connectivity index (χ2v) is 9.72. The molecule has 1 fully saturated rings. The van der Waals surface area contributed by atoms with E-state index in [9.17, 15) is 22.4 Å². The number of sulfonamides is 1. The number of benzene rings is 2. The van der Waals surface area contributed by atoms with Crippen LogP contribution >= 0.6 is 0 Å². The summed E-state index contributed by atoms with van der Waals surface area (Å²) in [7, 11) is -2.44. The molecule has 2 aliphatic heterocycles.